The number of aliphatic hydroxyl groups is 1. The largest absolute Gasteiger partial charge is 0.488 e. The minimum atomic E-state index is -3.97. The summed E-state index contributed by atoms with van der Waals surface area (Å²) in [7, 11) is -2.51. The van der Waals surface area contributed by atoms with Gasteiger partial charge in [-0.25, -0.2) is 13.2 Å². The predicted molar refractivity (Wildman–Crippen MR) is 174 cm³/mol. The second-order valence-electron chi connectivity index (χ2n) is 11.8. The molecule has 46 heavy (non-hydrogen) atoms. The summed E-state index contributed by atoms with van der Waals surface area (Å²) in [5.41, 5.74) is 1.86. The van der Waals surface area contributed by atoms with E-state index in [0.717, 1.165) is 10.8 Å². The van der Waals surface area contributed by atoms with Gasteiger partial charge in [0.1, 0.15) is 22.4 Å². The summed E-state index contributed by atoms with van der Waals surface area (Å²) in [6.45, 7) is 6.71. The Bertz CT molecular complexity index is 1830. The minimum Gasteiger partial charge on any atom is -0.488 e. The number of carbonyl (C=O) groups is 2. The number of likely N-dealkylation sites (N-methyl/N-ethyl adjacent to an activating group) is 1. The molecule has 13 heteroatoms. The number of hydrogen-bond donors (Lipinski definition) is 3. The molecular weight excluding hydrogens is 610 g/mol. The van der Waals surface area contributed by atoms with E-state index in [2.05, 4.69) is 15.8 Å². The topological polar surface area (TPSA) is 154 Å². The first-order chi connectivity index (χ1) is 21.9. The zero-order chi connectivity index (χ0) is 33.2. The zero-order valence-electron chi connectivity index (χ0n) is 26.5. The number of rotatable bonds is 8. The smallest absolute Gasteiger partial charge is 0.323 e. The van der Waals surface area contributed by atoms with Gasteiger partial charge in [0.25, 0.3) is 0 Å². The lowest BCUT2D eigenvalue weighted by atomic mass is 10.0. The molecule has 3 atom stereocenters. The highest BCUT2D eigenvalue weighted by atomic mass is 32.2. The highest BCUT2D eigenvalue weighted by Crippen LogP contribution is 2.31. The summed E-state index contributed by atoms with van der Waals surface area (Å²) in [5, 5.41) is 21.4. The number of fused-ring (bicyclic) bond motifs is 2. The molecule has 0 fully saturated rings. The number of anilines is 2. The number of amides is 3. The van der Waals surface area contributed by atoms with Gasteiger partial charge in [0.15, 0.2) is 5.76 Å². The number of nitrogens with one attached hydrogen (secondary N) is 2. The molecule has 0 saturated carbocycles. The monoisotopic (exact) mass is 649 g/mol. The average Bonchev–Trinajstić information content (AvgIpc) is 3.39. The van der Waals surface area contributed by atoms with Gasteiger partial charge in [0, 0.05) is 36.1 Å². The Hall–Kier alpha value is -4.46. The Balaban J connectivity index is 1.42. The van der Waals surface area contributed by atoms with Crippen molar-refractivity contribution in [3.63, 3.8) is 0 Å². The van der Waals surface area contributed by atoms with Crippen LogP contribution in [0.5, 0.6) is 5.75 Å². The number of aliphatic hydroxyl groups excluding tert-OH is 1. The first kappa shape index (κ1) is 32.9. The minimum absolute atomic E-state index is 0.00863. The van der Waals surface area contributed by atoms with E-state index in [1.165, 1.54) is 11.4 Å². The molecule has 1 aliphatic heterocycles. The Kier molecular flexibility index (Phi) is 9.66. The van der Waals surface area contributed by atoms with Crippen molar-refractivity contribution in [2.75, 3.05) is 37.4 Å². The SMILES string of the molecule is Cc1noc(C)c1S(=O)(=O)N(C)C[C@H]1Oc2ccc(NC(=O)Nc3cccc4ccccc34)cc2CC(=O)N([C@H](C)CO)C[C@@H]1C. The highest BCUT2D eigenvalue weighted by molar-refractivity contribution is 7.89. The number of urea groups is 1. The molecule has 2 heterocycles. The standard InChI is InChI=1S/C33H39N5O7S/c1-20-17-38(21(2)19-39)31(40)16-25-15-26(34-33(41)35-28-12-8-10-24-9-6-7-11-27(24)28)13-14-29(25)44-30(20)18-37(5)46(42,43)32-22(3)36-45-23(32)4/h6-15,20-21,30,39H,16-19H2,1-5H3,(H2,34,35,41)/t20-,21+,30+/m0/s1. The lowest BCUT2D eigenvalue weighted by Gasteiger charge is -2.33. The van der Waals surface area contributed by atoms with Crippen molar-refractivity contribution in [1.29, 1.82) is 0 Å². The van der Waals surface area contributed by atoms with Gasteiger partial charge in [-0.1, -0.05) is 48.5 Å². The number of hydrogen-bond acceptors (Lipinski definition) is 8. The summed E-state index contributed by atoms with van der Waals surface area (Å²) in [4.78, 5) is 28.2. The summed E-state index contributed by atoms with van der Waals surface area (Å²) in [6.07, 6.45) is -0.723. The molecule has 0 radical (unpaired) electrons. The second kappa shape index (κ2) is 13.5. The number of sulfonamides is 1. The summed E-state index contributed by atoms with van der Waals surface area (Å²) in [5.74, 6) is 0.0338. The Labute approximate surface area is 268 Å². The van der Waals surface area contributed by atoms with E-state index in [1.807, 2.05) is 49.4 Å². The van der Waals surface area contributed by atoms with E-state index in [4.69, 9.17) is 9.26 Å². The fraction of sp³-hybridized carbons (Fsp3) is 0.364. The normalized spacial score (nSPS) is 17.9. The van der Waals surface area contributed by atoms with Crippen molar-refractivity contribution in [2.24, 2.45) is 5.92 Å². The van der Waals surface area contributed by atoms with Gasteiger partial charge in [-0.05, 0) is 50.4 Å². The summed E-state index contributed by atoms with van der Waals surface area (Å²) < 4.78 is 39.8. The number of benzene rings is 3. The van der Waals surface area contributed by atoms with Crippen molar-refractivity contribution in [1.82, 2.24) is 14.4 Å². The van der Waals surface area contributed by atoms with Gasteiger partial charge in [0.2, 0.25) is 15.9 Å². The molecule has 1 aromatic heterocycles. The van der Waals surface area contributed by atoms with Crippen LogP contribution in [0.2, 0.25) is 0 Å². The molecule has 0 saturated heterocycles. The molecule has 4 aromatic rings. The van der Waals surface area contributed by atoms with Gasteiger partial charge < -0.3 is 29.9 Å². The Morgan fingerprint density at radius 2 is 1.87 bits per heavy atom. The summed E-state index contributed by atoms with van der Waals surface area (Å²) in [6, 6.07) is 17.4. The number of aromatic nitrogens is 1. The van der Waals surface area contributed by atoms with E-state index < -0.39 is 28.2 Å². The quantitative estimate of drug-likeness (QED) is 0.251. The molecule has 1 aliphatic rings. The van der Waals surface area contributed by atoms with Gasteiger partial charge >= 0.3 is 6.03 Å². The van der Waals surface area contributed by atoms with E-state index in [-0.39, 0.29) is 54.3 Å². The van der Waals surface area contributed by atoms with E-state index >= 15 is 0 Å². The number of carbonyl (C=O) groups excluding carboxylic acids is 2. The maximum Gasteiger partial charge on any atom is 0.323 e. The summed E-state index contributed by atoms with van der Waals surface area (Å²) >= 11 is 0. The third-order valence-electron chi connectivity index (χ3n) is 8.29. The maximum atomic E-state index is 13.6. The molecule has 0 aliphatic carbocycles. The molecule has 3 aromatic carbocycles. The lowest BCUT2D eigenvalue weighted by molar-refractivity contribution is -0.134. The van der Waals surface area contributed by atoms with Gasteiger partial charge in [0.05, 0.1) is 31.3 Å². The number of ether oxygens (including phenoxy) is 1. The molecule has 0 spiro atoms. The van der Waals surface area contributed by atoms with E-state index in [9.17, 15) is 23.1 Å². The van der Waals surface area contributed by atoms with Crippen LogP contribution in [0.3, 0.4) is 0 Å². The molecule has 12 nitrogen and oxygen atoms in total. The van der Waals surface area contributed by atoms with Crippen LogP contribution in [0.25, 0.3) is 10.8 Å². The average molecular weight is 650 g/mol. The fourth-order valence-electron chi connectivity index (χ4n) is 5.69. The first-order valence-corrected chi connectivity index (χ1v) is 16.5. The van der Waals surface area contributed by atoms with Crippen LogP contribution in [0.15, 0.2) is 70.1 Å². The van der Waals surface area contributed by atoms with E-state index in [1.54, 1.807) is 43.9 Å². The van der Waals surface area contributed by atoms with Crippen LogP contribution in [0.1, 0.15) is 30.9 Å². The van der Waals surface area contributed by atoms with E-state index in [0.29, 0.717) is 22.7 Å². The molecule has 3 amide bonds. The third-order valence-corrected chi connectivity index (χ3v) is 10.4. The fourth-order valence-corrected chi connectivity index (χ4v) is 7.16. The van der Waals surface area contributed by atoms with Crippen molar-refractivity contribution in [3.05, 3.63) is 77.7 Å². The third kappa shape index (κ3) is 6.86. The van der Waals surface area contributed by atoms with Gasteiger partial charge in [-0.15, -0.1) is 0 Å². The molecule has 244 valence electrons. The van der Waals surface area contributed by atoms with Crippen molar-refractivity contribution in [2.45, 2.75) is 51.2 Å². The lowest BCUT2D eigenvalue weighted by Crippen LogP contribution is -2.48. The van der Waals surface area contributed by atoms with Crippen LogP contribution in [0.4, 0.5) is 16.2 Å². The first-order valence-electron chi connectivity index (χ1n) is 15.0. The Morgan fingerprint density at radius 3 is 2.59 bits per heavy atom. The highest BCUT2D eigenvalue weighted by Gasteiger charge is 2.35. The van der Waals surface area contributed by atoms with Crippen LogP contribution >= 0.6 is 0 Å². The van der Waals surface area contributed by atoms with Crippen molar-refractivity contribution in [3.8, 4) is 5.75 Å². The molecule has 0 bridgehead atoms. The van der Waals surface area contributed by atoms with Crippen molar-refractivity contribution >= 4 is 44.1 Å². The predicted octanol–water partition coefficient (Wildman–Crippen LogP) is 4.56. The van der Waals surface area contributed by atoms with Crippen LogP contribution in [-0.4, -0.2) is 78.7 Å². The maximum absolute atomic E-state index is 13.6. The van der Waals surface area contributed by atoms with Crippen LogP contribution in [-0.2, 0) is 21.2 Å². The van der Waals surface area contributed by atoms with Gasteiger partial charge in [-0.3, -0.25) is 4.79 Å². The molecule has 3 N–H and O–H groups in total. The second-order valence-corrected chi connectivity index (χ2v) is 13.7. The van der Waals surface area contributed by atoms with Gasteiger partial charge in [-0.2, -0.15) is 4.31 Å². The Morgan fingerprint density at radius 1 is 1.13 bits per heavy atom. The number of aryl methyl sites for hydroxylation is 2. The van der Waals surface area contributed by atoms with Crippen molar-refractivity contribution < 1.29 is 32.4 Å². The molecule has 0 unspecified atom stereocenters. The zero-order valence-corrected chi connectivity index (χ0v) is 27.3. The molecule has 5 rings (SSSR count). The number of nitrogens with zero attached hydrogens (tertiary/aromatic N) is 3. The van der Waals surface area contributed by atoms with Crippen LogP contribution < -0.4 is 15.4 Å². The molecular formula is C33H39N5O7S. The van der Waals surface area contributed by atoms with Crippen LogP contribution in [0, 0.1) is 19.8 Å².